The van der Waals surface area contributed by atoms with Gasteiger partial charge in [0.15, 0.2) is 0 Å². The van der Waals surface area contributed by atoms with E-state index in [0.717, 1.165) is 18.3 Å². The maximum absolute atomic E-state index is 6.34. The van der Waals surface area contributed by atoms with Crippen molar-refractivity contribution in [1.29, 1.82) is 0 Å². The monoisotopic (exact) mass is 258 g/mol. The van der Waals surface area contributed by atoms with E-state index in [2.05, 4.69) is 19.6 Å². The number of ether oxygens (including phenoxy) is 1. The minimum Gasteiger partial charge on any atom is -0.360 e. The Hall–Kier alpha value is 0.660. The lowest BCUT2D eigenvalue weighted by molar-refractivity contribution is -0.0756. The van der Waals surface area contributed by atoms with Crippen molar-refractivity contribution in [3.8, 4) is 0 Å². The molecule has 0 N–H and O–H groups in total. The van der Waals surface area contributed by atoms with Crippen molar-refractivity contribution in [1.82, 2.24) is 0 Å². The molecule has 0 heterocycles. The fraction of sp³-hybridized carbons (Fsp3) is 1.00. The van der Waals surface area contributed by atoms with Crippen LogP contribution in [0, 0.1) is 11.8 Å². The number of rotatable bonds is 3. The number of thiol groups is 2. The van der Waals surface area contributed by atoms with Crippen molar-refractivity contribution < 1.29 is 4.74 Å². The van der Waals surface area contributed by atoms with Crippen molar-refractivity contribution in [2.24, 2.45) is 11.8 Å². The average molecular weight is 258 g/mol. The predicted octanol–water partition coefficient (Wildman–Crippen LogP) is 3.69. The van der Waals surface area contributed by atoms with Crippen LogP contribution in [0.2, 0.25) is 0 Å². The smallest absolute Gasteiger partial charge is 0.100 e. The molecule has 0 amide bonds. The highest BCUT2D eigenvalue weighted by atomic mass is 32.1. The Labute approximate surface area is 110 Å². The van der Waals surface area contributed by atoms with Crippen LogP contribution < -0.4 is 0 Å². The molecule has 16 heavy (non-hydrogen) atoms. The summed E-state index contributed by atoms with van der Waals surface area (Å²) in [7, 11) is 0. The van der Waals surface area contributed by atoms with Gasteiger partial charge < -0.3 is 4.74 Å². The minimum atomic E-state index is 0.0599. The quantitative estimate of drug-likeness (QED) is 0.580. The first-order valence-corrected chi connectivity index (χ1v) is 7.66. The molecule has 1 nitrogen and oxygen atoms in total. The molecule has 0 aliphatic heterocycles. The fourth-order valence-electron chi connectivity index (χ4n) is 4.54. The number of fused-ring (bicyclic) bond motifs is 5. The van der Waals surface area contributed by atoms with Crippen LogP contribution in [-0.4, -0.2) is 15.8 Å². The second kappa shape index (κ2) is 3.83. The maximum atomic E-state index is 6.34. The third-order valence-corrected chi connectivity index (χ3v) is 6.70. The van der Waals surface area contributed by atoms with Crippen molar-refractivity contribution >= 4 is 25.3 Å². The average Bonchev–Trinajstić information content (AvgIpc) is 2.87. The van der Waals surface area contributed by atoms with E-state index in [-0.39, 0.29) is 15.8 Å². The van der Waals surface area contributed by atoms with Crippen molar-refractivity contribution in [2.75, 3.05) is 0 Å². The summed E-state index contributed by atoms with van der Waals surface area (Å²) in [6.07, 6.45) is 8.79. The van der Waals surface area contributed by atoms with Crippen LogP contribution in [0.15, 0.2) is 0 Å². The van der Waals surface area contributed by atoms with E-state index in [1.54, 1.807) is 0 Å². The van der Waals surface area contributed by atoms with Crippen molar-refractivity contribution in [3.63, 3.8) is 0 Å². The first kappa shape index (κ1) is 11.7. The van der Waals surface area contributed by atoms with Crippen LogP contribution in [0.5, 0.6) is 0 Å². The molecule has 3 saturated carbocycles. The van der Waals surface area contributed by atoms with E-state index in [0.29, 0.717) is 0 Å². The molecule has 0 radical (unpaired) electrons. The maximum Gasteiger partial charge on any atom is 0.100 e. The summed E-state index contributed by atoms with van der Waals surface area (Å²) >= 11 is 9.63. The van der Waals surface area contributed by atoms with Gasteiger partial charge in [-0.1, -0.05) is 13.3 Å². The van der Waals surface area contributed by atoms with Gasteiger partial charge in [0.05, 0.1) is 5.60 Å². The zero-order valence-corrected chi connectivity index (χ0v) is 11.8. The van der Waals surface area contributed by atoms with Gasteiger partial charge in [-0.15, -0.1) is 12.6 Å². The predicted molar refractivity (Wildman–Crippen MR) is 73.3 cm³/mol. The van der Waals surface area contributed by atoms with Gasteiger partial charge in [0.25, 0.3) is 0 Å². The van der Waals surface area contributed by atoms with Crippen LogP contribution in [-0.2, 0) is 4.74 Å². The Morgan fingerprint density at radius 1 is 1.38 bits per heavy atom. The molecule has 0 spiro atoms. The lowest BCUT2D eigenvalue weighted by Gasteiger charge is -2.45. The number of hydrogen-bond acceptors (Lipinski definition) is 3. The molecular weight excluding hydrogens is 236 g/mol. The molecule has 3 aliphatic rings. The van der Waals surface area contributed by atoms with E-state index >= 15 is 0 Å². The Morgan fingerprint density at radius 2 is 2.19 bits per heavy atom. The van der Waals surface area contributed by atoms with Gasteiger partial charge >= 0.3 is 0 Å². The zero-order valence-electron chi connectivity index (χ0n) is 9.98. The van der Waals surface area contributed by atoms with Gasteiger partial charge in [0, 0.05) is 4.75 Å². The Balaban J connectivity index is 1.88. The standard InChI is InChI=1S/C13H22OS2/c1-2-11(15)14-12-7-5-9(8-12)10-4-3-6-13(10,12)16/h9-11,15-16H,2-8H2,1H3. The summed E-state index contributed by atoms with van der Waals surface area (Å²) in [6, 6.07) is 0. The van der Waals surface area contributed by atoms with E-state index in [1.807, 2.05) is 0 Å². The molecular formula is C13H22OS2. The molecule has 0 aromatic heterocycles. The topological polar surface area (TPSA) is 9.23 Å². The summed E-state index contributed by atoms with van der Waals surface area (Å²) in [5.41, 5.74) is 0.159. The summed E-state index contributed by atoms with van der Waals surface area (Å²) in [4.78, 5) is 0. The van der Waals surface area contributed by atoms with Crippen LogP contribution in [0.1, 0.15) is 51.9 Å². The van der Waals surface area contributed by atoms with Gasteiger partial charge in [-0.3, -0.25) is 0 Å². The molecule has 3 aliphatic carbocycles. The van der Waals surface area contributed by atoms with Crippen molar-refractivity contribution in [2.45, 2.75) is 67.7 Å². The van der Waals surface area contributed by atoms with Gasteiger partial charge in [0.2, 0.25) is 0 Å². The van der Waals surface area contributed by atoms with Gasteiger partial charge in [-0.05, 0) is 50.4 Å². The van der Waals surface area contributed by atoms with Crippen LogP contribution >= 0.6 is 25.3 Å². The van der Waals surface area contributed by atoms with Crippen LogP contribution in [0.25, 0.3) is 0 Å². The van der Waals surface area contributed by atoms with Crippen molar-refractivity contribution in [3.05, 3.63) is 0 Å². The fourth-order valence-corrected chi connectivity index (χ4v) is 5.50. The molecule has 5 atom stereocenters. The molecule has 5 unspecified atom stereocenters. The molecule has 3 fully saturated rings. The lowest BCUT2D eigenvalue weighted by Crippen LogP contribution is -2.51. The van der Waals surface area contributed by atoms with Gasteiger partial charge in [-0.25, -0.2) is 0 Å². The normalized spacial score (nSPS) is 51.9. The third-order valence-electron chi connectivity index (χ3n) is 5.27. The second-order valence-electron chi connectivity index (χ2n) is 5.90. The first-order valence-electron chi connectivity index (χ1n) is 6.69. The molecule has 3 rings (SSSR count). The Bertz CT molecular complexity index is 296. The molecule has 2 bridgehead atoms. The van der Waals surface area contributed by atoms with Gasteiger partial charge in [0.1, 0.15) is 5.44 Å². The number of hydrogen-bond donors (Lipinski definition) is 2. The Kier molecular flexibility index (Phi) is 2.81. The van der Waals surface area contributed by atoms with E-state index < -0.39 is 0 Å². The molecule has 3 heteroatoms. The highest BCUT2D eigenvalue weighted by Crippen LogP contribution is 2.67. The van der Waals surface area contributed by atoms with E-state index in [4.69, 9.17) is 17.4 Å². The van der Waals surface area contributed by atoms with E-state index in [9.17, 15) is 0 Å². The largest absolute Gasteiger partial charge is 0.360 e. The van der Waals surface area contributed by atoms with Gasteiger partial charge in [-0.2, -0.15) is 12.6 Å². The Morgan fingerprint density at radius 3 is 2.94 bits per heavy atom. The van der Waals surface area contributed by atoms with Crippen LogP contribution in [0.3, 0.4) is 0 Å². The highest BCUT2D eigenvalue weighted by molar-refractivity contribution is 7.82. The SMILES string of the molecule is CCC(S)OC12CCC(C1)C1CCCC12S. The molecule has 0 aromatic rings. The molecule has 92 valence electrons. The lowest BCUT2D eigenvalue weighted by atomic mass is 9.78. The summed E-state index contributed by atoms with van der Waals surface area (Å²) in [5.74, 6) is 1.71. The molecule has 0 aromatic carbocycles. The summed E-state index contributed by atoms with van der Waals surface area (Å²) < 4.78 is 6.52. The van der Waals surface area contributed by atoms with E-state index in [1.165, 1.54) is 38.5 Å². The summed E-state index contributed by atoms with van der Waals surface area (Å²) in [6.45, 7) is 2.15. The minimum absolute atomic E-state index is 0.0599. The highest BCUT2D eigenvalue weighted by Gasteiger charge is 2.67. The second-order valence-corrected chi connectivity index (χ2v) is 7.27. The third kappa shape index (κ3) is 1.37. The zero-order chi connectivity index (χ0) is 11.4. The molecule has 0 saturated heterocycles. The van der Waals surface area contributed by atoms with Crippen LogP contribution in [0.4, 0.5) is 0 Å². The first-order chi connectivity index (χ1) is 7.61. The summed E-state index contributed by atoms with van der Waals surface area (Å²) in [5, 5.41) is 0.